The zero-order chi connectivity index (χ0) is 19.3. The molecule has 1 saturated heterocycles. The smallest absolute Gasteiger partial charge is 0.151 e. The predicted molar refractivity (Wildman–Crippen MR) is 106 cm³/mol. The van der Waals surface area contributed by atoms with Crippen molar-refractivity contribution < 1.29 is 9.84 Å². The Balaban J connectivity index is 1.81. The minimum Gasteiger partial charge on any atom is -0.507 e. The molecule has 0 aliphatic carbocycles. The molecule has 0 spiro atoms. The van der Waals surface area contributed by atoms with E-state index in [9.17, 15) is 10.4 Å². The average Bonchev–Trinajstić information content (AvgIpc) is 2.89. The Morgan fingerprint density at radius 2 is 2.25 bits per heavy atom. The van der Waals surface area contributed by atoms with Gasteiger partial charge in [-0.3, -0.25) is 0 Å². The molecule has 0 amide bonds. The monoisotopic (exact) mass is 393 g/mol. The van der Waals surface area contributed by atoms with Crippen LogP contribution in [0.1, 0.15) is 5.56 Å². The highest BCUT2D eigenvalue weighted by molar-refractivity contribution is 6.36. The first-order chi connectivity index (χ1) is 13.7. The lowest BCUT2D eigenvalue weighted by Crippen LogP contribution is -2.53. The number of aromatic hydroxyl groups is 1. The third-order valence-corrected chi connectivity index (χ3v) is 5.65. The number of benzene rings is 2. The summed E-state index contributed by atoms with van der Waals surface area (Å²) in [5.41, 5.74) is 1.88. The molecular weight excluding hydrogens is 378 g/mol. The van der Waals surface area contributed by atoms with Crippen molar-refractivity contribution in [2.24, 2.45) is 0 Å². The molecule has 28 heavy (non-hydrogen) atoms. The van der Waals surface area contributed by atoms with Crippen LogP contribution in [0.15, 0.2) is 30.6 Å². The largest absolute Gasteiger partial charge is 0.507 e. The summed E-state index contributed by atoms with van der Waals surface area (Å²) in [5.74, 6) is 1.28. The van der Waals surface area contributed by atoms with Crippen LogP contribution in [0.5, 0.6) is 11.5 Å². The highest BCUT2D eigenvalue weighted by Gasteiger charge is 2.32. The zero-order valence-electron chi connectivity index (χ0n) is 14.8. The Morgan fingerprint density at radius 1 is 1.36 bits per heavy atom. The van der Waals surface area contributed by atoms with Crippen molar-refractivity contribution in [3.8, 4) is 28.7 Å². The Hall–Kier alpha value is -3.08. The van der Waals surface area contributed by atoms with Crippen LogP contribution in [-0.4, -0.2) is 47.4 Å². The lowest BCUT2D eigenvalue weighted by Gasteiger charge is -2.35. The van der Waals surface area contributed by atoms with Crippen molar-refractivity contribution in [2.75, 3.05) is 31.1 Å². The Morgan fingerprint density at radius 3 is 3.11 bits per heavy atom. The minimum absolute atomic E-state index is 0.0166. The summed E-state index contributed by atoms with van der Waals surface area (Å²) in [4.78, 5) is 11.2. The van der Waals surface area contributed by atoms with Gasteiger partial charge in [-0.15, -0.1) is 0 Å². The number of hydrogen-bond acceptors (Lipinski definition) is 7. The summed E-state index contributed by atoms with van der Waals surface area (Å²) < 4.78 is 6.14. The molecule has 1 aromatic heterocycles. The van der Waals surface area contributed by atoms with E-state index in [-0.39, 0.29) is 11.8 Å². The van der Waals surface area contributed by atoms with Gasteiger partial charge < -0.3 is 20.1 Å². The van der Waals surface area contributed by atoms with E-state index in [4.69, 9.17) is 16.3 Å². The quantitative estimate of drug-likeness (QED) is 0.656. The van der Waals surface area contributed by atoms with Crippen LogP contribution < -0.4 is 15.0 Å². The van der Waals surface area contributed by atoms with Crippen LogP contribution in [-0.2, 0) is 0 Å². The Bertz CT molecular complexity index is 1140. The van der Waals surface area contributed by atoms with Gasteiger partial charge in [0.2, 0.25) is 0 Å². The van der Waals surface area contributed by atoms with Gasteiger partial charge in [-0.2, -0.15) is 5.26 Å². The maximum atomic E-state index is 10.4. The first kappa shape index (κ1) is 17.0. The maximum Gasteiger partial charge on any atom is 0.151 e. The topological polar surface area (TPSA) is 94.3 Å². The highest BCUT2D eigenvalue weighted by Crippen LogP contribution is 2.47. The average molecular weight is 394 g/mol. The fraction of sp³-hybridized carbons (Fsp3) is 0.250. The number of nitrogens with one attached hydrogen (secondary N) is 1. The molecule has 2 aliphatic heterocycles. The number of nitriles is 1. The molecule has 140 valence electrons. The molecule has 0 bridgehead atoms. The van der Waals surface area contributed by atoms with E-state index < -0.39 is 0 Å². The molecule has 8 heteroatoms. The van der Waals surface area contributed by atoms with Crippen molar-refractivity contribution in [3.05, 3.63) is 41.2 Å². The van der Waals surface area contributed by atoms with Gasteiger partial charge in [-0.1, -0.05) is 17.7 Å². The molecule has 0 radical (unpaired) electrons. The molecule has 0 unspecified atom stereocenters. The van der Waals surface area contributed by atoms with Crippen molar-refractivity contribution in [1.29, 1.82) is 5.26 Å². The number of ether oxygens (including phenoxy) is 1. The van der Waals surface area contributed by atoms with Gasteiger partial charge in [0.1, 0.15) is 24.5 Å². The molecule has 2 N–H and O–H groups in total. The zero-order valence-corrected chi connectivity index (χ0v) is 15.6. The van der Waals surface area contributed by atoms with Crippen molar-refractivity contribution in [2.45, 2.75) is 6.04 Å². The van der Waals surface area contributed by atoms with Gasteiger partial charge in [0.15, 0.2) is 5.75 Å². The van der Waals surface area contributed by atoms with Gasteiger partial charge in [0.05, 0.1) is 33.6 Å². The van der Waals surface area contributed by atoms with Crippen LogP contribution in [0.25, 0.3) is 22.0 Å². The van der Waals surface area contributed by atoms with Crippen LogP contribution in [0, 0.1) is 11.3 Å². The van der Waals surface area contributed by atoms with Crippen molar-refractivity contribution in [3.63, 3.8) is 0 Å². The van der Waals surface area contributed by atoms with Gasteiger partial charge >= 0.3 is 0 Å². The molecule has 5 rings (SSSR count). The molecular formula is C20H16ClN5O2. The number of hydrogen-bond donors (Lipinski definition) is 2. The fourth-order valence-corrected chi connectivity index (χ4v) is 4.27. The van der Waals surface area contributed by atoms with Crippen molar-refractivity contribution in [1.82, 2.24) is 15.3 Å². The normalized spacial score (nSPS) is 18.1. The Labute approximate surface area is 166 Å². The predicted octanol–water partition coefficient (Wildman–Crippen LogP) is 2.70. The lowest BCUT2D eigenvalue weighted by atomic mass is 9.97. The van der Waals surface area contributed by atoms with E-state index in [0.717, 1.165) is 30.8 Å². The Kier molecular flexibility index (Phi) is 3.97. The molecule has 0 saturated carbocycles. The number of fused-ring (bicyclic) bond motifs is 2. The molecule has 2 aliphatic rings. The SMILES string of the molecule is N#Cc1cccc(O)c1-c1cc2ncnc3c2c(c1Cl)OC[C@@H]1CNCCN31. The number of piperazine rings is 1. The summed E-state index contributed by atoms with van der Waals surface area (Å²) in [6.07, 6.45) is 1.53. The minimum atomic E-state index is -0.0166. The van der Waals surface area contributed by atoms with E-state index in [1.54, 1.807) is 18.2 Å². The number of halogens is 1. The van der Waals surface area contributed by atoms with E-state index in [1.165, 1.54) is 12.4 Å². The number of rotatable bonds is 1. The number of phenolic OH excluding ortho intramolecular Hbond substituents is 1. The molecule has 2 aromatic carbocycles. The second-order valence-electron chi connectivity index (χ2n) is 6.83. The third-order valence-electron chi connectivity index (χ3n) is 5.28. The maximum absolute atomic E-state index is 10.4. The molecule has 7 nitrogen and oxygen atoms in total. The lowest BCUT2D eigenvalue weighted by molar-refractivity contribution is 0.274. The molecule has 1 atom stereocenters. The molecule has 3 aromatic rings. The second kappa shape index (κ2) is 6.51. The number of anilines is 1. The van der Waals surface area contributed by atoms with Crippen LogP contribution in [0.3, 0.4) is 0 Å². The number of phenols is 1. The van der Waals surface area contributed by atoms with E-state index in [2.05, 4.69) is 26.3 Å². The molecule has 1 fully saturated rings. The first-order valence-electron chi connectivity index (χ1n) is 8.99. The van der Waals surface area contributed by atoms with E-state index in [0.29, 0.717) is 39.6 Å². The van der Waals surface area contributed by atoms with Gasteiger partial charge in [-0.05, 0) is 18.2 Å². The first-order valence-corrected chi connectivity index (χ1v) is 9.36. The van der Waals surface area contributed by atoms with Crippen LogP contribution in [0.2, 0.25) is 5.02 Å². The number of nitrogens with zero attached hydrogens (tertiary/aromatic N) is 4. The van der Waals surface area contributed by atoms with Gasteiger partial charge in [-0.25, -0.2) is 9.97 Å². The van der Waals surface area contributed by atoms with Gasteiger partial charge in [0.25, 0.3) is 0 Å². The summed E-state index contributed by atoms with van der Waals surface area (Å²) in [6.45, 7) is 2.93. The van der Waals surface area contributed by atoms with Crippen molar-refractivity contribution >= 4 is 28.3 Å². The number of aromatic nitrogens is 2. The summed E-state index contributed by atoms with van der Waals surface area (Å²) in [5, 5.41) is 24.4. The summed E-state index contributed by atoms with van der Waals surface area (Å²) in [6, 6.07) is 8.85. The van der Waals surface area contributed by atoms with Crippen LogP contribution in [0.4, 0.5) is 5.82 Å². The van der Waals surface area contributed by atoms with Crippen LogP contribution >= 0.6 is 11.6 Å². The van der Waals surface area contributed by atoms with E-state index >= 15 is 0 Å². The third kappa shape index (κ3) is 2.46. The fourth-order valence-electron chi connectivity index (χ4n) is 3.97. The molecule has 3 heterocycles. The van der Waals surface area contributed by atoms with E-state index in [1.807, 2.05) is 0 Å². The second-order valence-corrected chi connectivity index (χ2v) is 7.21. The highest BCUT2D eigenvalue weighted by atomic mass is 35.5. The summed E-state index contributed by atoms with van der Waals surface area (Å²) in [7, 11) is 0. The van der Waals surface area contributed by atoms with Gasteiger partial charge in [0, 0.05) is 30.8 Å². The standard InChI is InChI=1S/C20H16ClN5O2/c21-18-13(16-11(7-22)2-1-3-15(16)27)6-14-17-19(18)28-9-12-8-23-4-5-26(12)20(17)25-10-24-14/h1-3,6,10,12,23,27H,4-5,8-9H2/t12-/m0/s1. The summed E-state index contributed by atoms with van der Waals surface area (Å²) >= 11 is 6.76.